The summed E-state index contributed by atoms with van der Waals surface area (Å²) >= 11 is 6.72. The van der Waals surface area contributed by atoms with Gasteiger partial charge >= 0.3 is 6.18 Å². The Hall–Kier alpha value is -4.14. The molecule has 0 unspecified atom stereocenters. The lowest BCUT2D eigenvalue weighted by Gasteiger charge is -2.36. The average Bonchev–Trinajstić information content (AvgIpc) is 3.45. The zero-order valence-corrected chi connectivity index (χ0v) is 22.0. The van der Waals surface area contributed by atoms with Crippen LogP contribution in [-0.4, -0.2) is 65.4 Å². The van der Waals surface area contributed by atoms with E-state index in [9.17, 15) is 18.3 Å². The number of rotatable bonds is 7. The number of hydrogen-bond donors (Lipinski definition) is 3. The van der Waals surface area contributed by atoms with Crippen LogP contribution in [0.3, 0.4) is 0 Å². The van der Waals surface area contributed by atoms with E-state index in [2.05, 4.69) is 30.7 Å². The van der Waals surface area contributed by atoms with Gasteiger partial charge in [0.1, 0.15) is 10.5 Å². The highest BCUT2D eigenvalue weighted by atomic mass is 35.5. The Morgan fingerprint density at radius 3 is 2.65 bits per heavy atom. The third-order valence-corrected chi connectivity index (χ3v) is 6.95. The first-order valence-electron chi connectivity index (χ1n) is 12.2. The number of ether oxygens (including phenoxy) is 1. The van der Waals surface area contributed by atoms with Crippen molar-refractivity contribution in [3.8, 4) is 11.5 Å². The zero-order valence-electron chi connectivity index (χ0n) is 21.2. The van der Waals surface area contributed by atoms with Crippen molar-refractivity contribution in [2.24, 2.45) is 7.05 Å². The number of pyridine rings is 1. The van der Waals surface area contributed by atoms with Gasteiger partial charge < -0.3 is 25.0 Å². The van der Waals surface area contributed by atoms with E-state index in [1.165, 1.54) is 12.4 Å². The van der Waals surface area contributed by atoms with Crippen LogP contribution in [0.25, 0.3) is 16.7 Å². The van der Waals surface area contributed by atoms with Gasteiger partial charge in [-0.15, -0.1) is 0 Å². The molecule has 0 aliphatic carbocycles. The van der Waals surface area contributed by atoms with Crippen molar-refractivity contribution < 1.29 is 23.0 Å². The van der Waals surface area contributed by atoms with Gasteiger partial charge in [-0.2, -0.15) is 23.3 Å². The van der Waals surface area contributed by atoms with Gasteiger partial charge in [-0.3, -0.25) is 4.90 Å². The van der Waals surface area contributed by atoms with Gasteiger partial charge in [0, 0.05) is 51.8 Å². The Morgan fingerprint density at radius 1 is 1.12 bits per heavy atom. The first kappa shape index (κ1) is 26.1. The number of likely N-dealkylation sites (tertiary alicyclic amines) is 1. The Bertz CT molecular complexity index is 1730. The Kier molecular flexibility index (Phi) is 6.40. The minimum atomic E-state index is -4.54. The quantitative estimate of drug-likeness (QED) is 0.260. The van der Waals surface area contributed by atoms with Crippen LogP contribution in [0.4, 0.5) is 30.6 Å². The Balaban J connectivity index is 1.33. The molecule has 1 aliphatic heterocycles. The Labute approximate surface area is 230 Å². The molecule has 0 atom stereocenters. The van der Waals surface area contributed by atoms with Crippen molar-refractivity contribution in [3.63, 3.8) is 0 Å². The maximum atomic E-state index is 13.7. The highest BCUT2D eigenvalue weighted by molar-refractivity contribution is 6.36. The monoisotopic (exact) mass is 573 g/mol. The summed E-state index contributed by atoms with van der Waals surface area (Å²) in [4.78, 5) is 14.9. The average molecular weight is 574 g/mol. The summed E-state index contributed by atoms with van der Waals surface area (Å²) in [5.74, 6) is 1.43. The molecule has 1 aromatic carbocycles. The predicted octanol–water partition coefficient (Wildman–Crippen LogP) is 4.44. The van der Waals surface area contributed by atoms with E-state index in [0.29, 0.717) is 41.3 Å². The lowest BCUT2D eigenvalue weighted by atomic mass is 10.1. The number of nitrogens with one attached hydrogen (secondary N) is 2. The van der Waals surface area contributed by atoms with Crippen LogP contribution >= 0.6 is 11.6 Å². The van der Waals surface area contributed by atoms with Crippen LogP contribution in [0.2, 0.25) is 5.02 Å². The van der Waals surface area contributed by atoms with Gasteiger partial charge in [-0.1, -0.05) is 11.6 Å². The van der Waals surface area contributed by atoms with Crippen molar-refractivity contribution in [1.82, 2.24) is 34.0 Å². The second-order valence-electron chi connectivity index (χ2n) is 9.42. The van der Waals surface area contributed by atoms with Gasteiger partial charge in [-0.25, -0.2) is 14.5 Å². The van der Waals surface area contributed by atoms with E-state index in [1.54, 1.807) is 41.6 Å². The number of aromatic nitrogens is 6. The molecule has 40 heavy (non-hydrogen) atoms. The number of hydrogen-bond acceptors (Lipinski definition) is 9. The van der Waals surface area contributed by atoms with Crippen LogP contribution in [0.5, 0.6) is 11.5 Å². The molecule has 0 saturated carbocycles. The molecule has 1 saturated heterocycles. The summed E-state index contributed by atoms with van der Waals surface area (Å²) in [7, 11) is 3.40. The number of alkyl halides is 3. The number of halogens is 4. The molecule has 11 nitrogen and oxygen atoms in total. The molecule has 0 bridgehead atoms. The van der Waals surface area contributed by atoms with Crippen molar-refractivity contribution in [2.75, 3.05) is 30.8 Å². The third-order valence-electron chi connectivity index (χ3n) is 6.58. The molecule has 1 aliphatic rings. The van der Waals surface area contributed by atoms with Crippen molar-refractivity contribution >= 4 is 45.7 Å². The number of β-amino-alcohol motifs (C(OH)–C–C–N with tert-alkyl or cyclic N) is 1. The predicted molar refractivity (Wildman–Crippen MR) is 142 cm³/mol. The minimum Gasteiger partial charge on any atom is -0.450 e. The fourth-order valence-corrected chi connectivity index (χ4v) is 4.97. The van der Waals surface area contributed by atoms with Crippen molar-refractivity contribution in [2.45, 2.75) is 18.8 Å². The topological polar surface area (TPSA) is 118 Å². The van der Waals surface area contributed by atoms with Gasteiger partial charge in [0.15, 0.2) is 28.5 Å². The molecule has 0 amide bonds. The van der Waals surface area contributed by atoms with E-state index >= 15 is 0 Å². The van der Waals surface area contributed by atoms with Gasteiger partial charge in [0.2, 0.25) is 5.95 Å². The largest absolute Gasteiger partial charge is 0.450 e. The van der Waals surface area contributed by atoms with Gasteiger partial charge in [0.25, 0.3) is 0 Å². The lowest BCUT2D eigenvalue weighted by molar-refractivity contribution is -0.137. The lowest BCUT2D eigenvalue weighted by Crippen LogP contribution is -2.49. The molecular weight excluding hydrogens is 551 g/mol. The number of anilines is 3. The highest BCUT2D eigenvalue weighted by Crippen LogP contribution is 2.38. The highest BCUT2D eigenvalue weighted by Gasteiger charge is 2.32. The summed E-state index contributed by atoms with van der Waals surface area (Å²) in [6.07, 6.45) is 1.24. The number of benzene rings is 1. The molecule has 5 heterocycles. The van der Waals surface area contributed by atoms with Crippen LogP contribution in [0, 0.1) is 0 Å². The van der Waals surface area contributed by atoms with Crippen LogP contribution < -0.4 is 15.4 Å². The number of imidazole rings is 1. The third kappa shape index (κ3) is 4.74. The fourth-order valence-electron chi connectivity index (χ4n) is 4.67. The number of aliphatic hydroxyl groups excluding tert-OH is 1. The second-order valence-corrected chi connectivity index (χ2v) is 9.80. The first-order valence-corrected chi connectivity index (χ1v) is 12.6. The molecule has 6 rings (SSSR count). The van der Waals surface area contributed by atoms with E-state index in [-0.39, 0.29) is 34.6 Å². The molecule has 1 fully saturated rings. The zero-order chi connectivity index (χ0) is 28.2. The SMILES string of the molecule is CNc1nccn2ncc(Oc3cnc4nc(Nc5cc(CN6CC(O)C6)cc(C(F)(F)F)c5)n(C)c4c3Cl)c12. The number of fused-ring (bicyclic) bond motifs is 2. The molecule has 208 valence electrons. The Morgan fingerprint density at radius 2 is 1.93 bits per heavy atom. The standard InChI is InChI=1S/C25H23ClF3N9O2/c1-30-22-20-18(9-33-38(20)4-3-31-22)40-17-8-32-23-21(19(17)26)36(2)24(35-23)34-15-6-13(10-37-11-16(39)12-37)5-14(7-15)25(27,28)29/h3-9,16,39H,10-12H2,1-2H3,(H,30,31)(H,32,34,35). The number of aryl methyl sites for hydroxylation is 1. The molecule has 5 aromatic rings. The van der Waals surface area contributed by atoms with E-state index in [1.807, 2.05) is 4.90 Å². The summed E-state index contributed by atoms with van der Waals surface area (Å²) in [6, 6.07) is 3.76. The van der Waals surface area contributed by atoms with E-state index < -0.39 is 17.8 Å². The molecule has 15 heteroatoms. The van der Waals surface area contributed by atoms with Gasteiger partial charge in [0.05, 0.1) is 24.1 Å². The number of nitrogens with zero attached hydrogens (tertiary/aromatic N) is 7. The van der Waals surface area contributed by atoms with Crippen molar-refractivity contribution in [3.05, 3.63) is 59.1 Å². The van der Waals surface area contributed by atoms with E-state index in [4.69, 9.17) is 16.3 Å². The molecular formula is C25H23ClF3N9O2. The smallest absolute Gasteiger partial charge is 0.416 e. The summed E-state index contributed by atoms with van der Waals surface area (Å²) < 4.78 is 50.3. The second kappa shape index (κ2) is 9.80. The maximum absolute atomic E-state index is 13.7. The van der Waals surface area contributed by atoms with Crippen LogP contribution in [0.1, 0.15) is 11.1 Å². The normalized spacial score (nSPS) is 14.6. The summed E-state index contributed by atoms with van der Waals surface area (Å²) in [5, 5.41) is 20.0. The van der Waals surface area contributed by atoms with E-state index in [0.717, 1.165) is 12.1 Å². The first-order chi connectivity index (χ1) is 19.1. The van der Waals surface area contributed by atoms with Crippen LogP contribution in [-0.2, 0) is 19.8 Å². The molecule has 0 radical (unpaired) electrons. The fraction of sp³-hybridized carbons (Fsp3) is 0.280. The molecule has 0 spiro atoms. The molecule has 4 aromatic heterocycles. The maximum Gasteiger partial charge on any atom is 0.416 e. The summed E-state index contributed by atoms with van der Waals surface area (Å²) in [5.41, 5.74) is 1.17. The van der Waals surface area contributed by atoms with Crippen LogP contribution in [0.15, 0.2) is 43.0 Å². The van der Waals surface area contributed by atoms with Gasteiger partial charge in [-0.05, 0) is 23.8 Å². The van der Waals surface area contributed by atoms with Crippen molar-refractivity contribution in [1.29, 1.82) is 0 Å². The summed E-state index contributed by atoms with van der Waals surface area (Å²) in [6.45, 7) is 1.11. The minimum absolute atomic E-state index is 0.204. The number of aliphatic hydroxyl groups is 1. The molecule has 3 N–H and O–H groups in total.